The van der Waals surface area contributed by atoms with Gasteiger partial charge in [0, 0.05) is 0 Å². The maximum absolute atomic E-state index is 12.2. The van der Waals surface area contributed by atoms with E-state index in [-0.39, 0.29) is 12.7 Å². The normalized spacial score (nSPS) is 26.7. The lowest BCUT2D eigenvalue weighted by Gasteiger charge is -2.34. The van der Waals surface area contributed by atoms with E-state index in [0.29, 0.717) is 26.4 Å². The highest BCUT2D eigenvalue weighted by Crippen LogP contribution is 2.51. The van der Waals surface area contributed by atoms with Gasteiger partial charge in [-0.3, -0.25) is 0 Å². The second kappa shape index (κ2) is 11.3. The fourth-order valence-electron chi connectivity index (χ4n) is 5.20. The smallest absolute Gasteiger partial charge is 0.133 e. The van der Waals surface area contributed by atoms with Crippen LogP contribution in [-0.4, -0.2) is 44.7 Å². The molecule has 188 valence electrons. The number of nitrogens with zero attached hydrogens (tertiary/aromatic N) is 1. The molecule has 0 aromatic heterocycles. The Bertz CT molecular complexity index is 1110. The van der Waals surface area contributed by atoms with Crippen molar-refractivity contribution in [2.24, 2.45) is 10.6 Å². The van der Waals surface area contributed by atoms with Crippen LogP contribution >= 0.6 is 0 Å². The Morgan fingerprint density at radius 2 is 1.44 bits per heavy atom. The van der Waals surface area contributed by atoms with Crippen molar-refractivity contribution in [3.63, 3.8) is 0 Å². The van der Waals surface area contributed by atoms with Crippen LogP contribution < -0.4 is 4.74 Å². The van der Waals surface area contributed by atoms with Crippen molar-refractivity contribution in [1.82, 2.24) is 0 Å². The number of ether oxygens (including phenoxy) is 5. The van der Waals surface area contributed by atoms with Crippen LogP contribution in [0.25, 0.3) is 0 Å². The van der Waals surface area contributed by atoms with Gasteiger partial charge in [-0.1, -0.05) is 78.0 Å². The first kappa shape index (κ1) is 24.6. The first-order valence-electron chi connectivity index (χ1n) is 12.2. The summed E-state index contributed by atoms with van der Waals surface area (Å²) in [5.41, 5.74) is 2.36. The lowest BCUT2D eigenvalue weighted by molar-refractivity contribution is -0.108. The first-order chi connectivity index (χ1) is 17.7. The van der Waals surface area contributed by atoms with Gasteiger partial charge in [-0.2, -0.15) is 4.91 Å². The summed E-state index contributed by atoms with van der Waals surface area (Å²) in [5, 5.41) is 3.56. The minimum Gasteiger partial charge on any atom is -0.497 e. The Hall–Kier alpha value is -3.10. The number of benzene rings is 3. The van der Waals surface area contributed by atoms with Gasteiger partial charge in [-0.05, 0) is 28.8 Å². The van der Waals surface area contributed by atoms with Crippen LogP contribution in [0.1, 0.15) is 16.7 Å². The Labute approximate surface area is 211 Å². The monoisotopic (exact) mass is 489 g/mol. The standard InChI is InChI=1S/C29H31NO6/c1-32-24-14-12-23(13-15-24)17-34-25-26-28(35-18-22-10-6-3-7-11-22)29(20-36-26,27(25)30-31)19-33-16-21-8-4-2-5-9-21/h2-15,25-28H,16-20H2,1H3/t25-,26-,27+,28-,29+/m0/s1. The maximum Gasteiger partial charge on any atom is 0.133 e. The predicted molar refractivity (Wildman–Crippen MR) is 134 cm³/mol. The van der Waals surface area contributed by atoms with Crippen molar-refractivity contribution in [3.05, 3.63) is 107 Å². The summed E-state index contributed by atoms with van der Waals surface area (Å²) in [4.78, 5) is 12.2. The summed E-state index contributed by atoms with van der Waals surface area (Å²) in [6.45, 7) is 1.79. The van der Waals surface area contributed by atoms with Crippen molar-refractivity contribution in [3.8, 4) is 5.75 Å². The Morgan fingerprint density at radius 1 is 0.833 bits per heavy atom. The Morgan fingerprint density at radius 3 is 2.08 bits per heavy atom. The van der Waals surface area contributed by atoms with Gasteiger partial charge < -0.3 is 23.7 Å². The molecular weight excluding hydrogens is 458 g/mol. The number of methoxy groups -OCH3 is 1. The zero-order chi connectivity index (χ0) is 24.8. The maximum atomic E-state index is 12.2. The van der Waals surface area contributed by atoms with E-state index in [4.69, 9.17) is 23.7 Å². The molecule has 2 bridgehead atoms. The summed E-state index contributed by atoms with van der Waals surface area (Å²) >= 11 is 0. The summed E-state index contributed by atoms with van der Waals surface area (Å²) in [5.74, 6) is 0.776. The van der Waals surface area contributed by atoms with Gasteiger partial charge in [0.2, 0.25) is 0 Å². The van der Waals surface area contributed by atoms with E-state index < -0.39 is 23.7 Å². The molecule has 7 heteroatoms. The van der Waals surface area contributed by atoms with Crippen molar-refractivity contribution >= 4 is 0 Å². The van der Waals surface area contributed by atoms with E-state index in [1.54, 1.807) is 7.11 Å². The van der Waals surface area contributed by atoms with Crippen LogP contribution in [0, 0.1) is 10.3 Å². The van der Waals surface area contributed by atoms with Crippen LogP contribution in [0.3, 0.4) is 0 Å². The minimum atomic E-state index is -0.722. The van der Waals surface area contributed by atoms with Gasteiger partial charge in [-0.25, -0.2) is 0 Å². The molecule has 5 atom stereocenters. The average Bonchev–Trinajstić information content (AvgIpc) is 3.41. The molecule has 0 amide bonds. The van der Waals surface area contributed by atoms with E-state index in [2.05, 4.69) is 5.18 Å². The molecule has 2 fully saturated rings. The first-order valence-corrected chi connectivity index (χ1v) is 12.2. The Kier molecular flexibility index (Phi) is 7.72. The van der Waals surface area contributed by atoms with Crippen LogP contribution in [0.2, 0.25) is 0 Å². The third-order valence-corrected chi connectivity index (χ3v) is 7.10. The minimum absolute atomic E-state index is 0.288. The average molecular weight is 490 g/mol. The summed E-state index contributed by atoms with van der Waals surface area (Å²) < 4.78 is 30.3. The lowest BCUT2D eigenvalue weighted by Crippen LogP contribution is -2.48. The molecule has 1 aliphatic carbocycles. The molecule has 0 unspecified atom stereocenters. The van der Waals surface area contributed by atoms with Gasteiger partial charge in [0.25, 0.3) is 0 Å². The van der Waals surface area contributed by atoms with Gasteiger partial charge in [0.1, 0.15) is 24.0 Å². The molecule has 1 saturated heterocycles. The third kappa shape index (κ3) is 5.06. The number of fused-ring (bicyclic) bond motifs is 2. The molecule has 3 aromatic rings. The quantitative estimate of drug-likeness (QED) is 0.336. The highest BCUT2D eigenvalue weighted by atomic mass is 16.6. The topological polar surface area (TPSA) is 75.6 Å². The summed E-state index contributed by atoms with van der Waals surface area (Å²) in [7, 11) is 1.63. The fraction of sp³-hybridized carbons (Fsp3) is 0.379. The zero-order valence-electron chi connectivity index (χ0n) is 20.3. The number of nitroso groups, excluding NO2 is 1. The second-order valence-electron chi connectivity index (χ2n) is 9.38. The van der Waals surface area contributed by atoms with Crippen molar-refractivity contribution in [1.29, 1.82) is 0 Å². The number of hydrogen-bond acceptors (Lipinski definition) is 7. The molecular formula is C29H31NO6. The van der Waals surface area contributed by atoms with Crippen LogP contribution in [0.5, 0.6) is 5.75 Å². The molecule has 0 spiro atoms. The number of hydrogen-bond donors (Lipinski definition) is 0. The molecule has 7 nitrogen and oxygen atoms in total. The SMILES string of the molecule is COc1ccc(CO[C@H]2[C@@H]3OC[C@](COCc4ccccc4)([C@@H]2N=O)[C@H]3OCc2ccccc2)cc1. The van der Waals surface area contributed by atoms with Crippen molar-refractivity contribution in [2.45, 2.75) is 44.2 Å². The molecule has 0 N–H and O–H groups in total. The largest absolute Gasteiger partial charge is 0.497 e. The number of rotatable bonds is 12. The molecule has 2 aliphatic rings. The second-order valence-corrected chi connectivity index (χ2v) is 9.38. The van der Waals surface area contributed by atoms with E-state index in [1.165, 1.54) is 0 Å². The molecule has 36 heavy (non-hydrogen) atoms. The highest BCUT2D eigenvalue weighted by Gasteiger charge is 2.68. The van der Waals surface area contributed by atoms with Crippen molar-refractivity contribution in [2.75, 3.05) is 20.3 Å². The lowest BCUT2D eigenvalue weighted by atomic mass is 9.82. The summed E-state index contributed by atoms with van der Waals surface area (Å²) in [6, 6.07) is 26.9. The van der Waals surface area contributed by atoms with E-state index in [9.17, 15) is 4.91 Å². The van der Waals surface area contributed by atoms with Gasteiger partial charge in [0.05, 0.1) is 51.7 Å². The van der Waals surface area contributed by atoms with Gasteiger partial charge in [0.15, 0.2) is 0 Å². The molecule has 5 rings (SSSR count). The van der Waals surface area contributed by atoms with E-state index in [1.807, 2.05) is 84.9 Å². The van der Waals surface area contributed by atoms with Gasteiger partial charge >= 0.3 is 0 Å². The summed E-state index contributed by atoms with van der Waals surface area (Å²) in [6.07, 6.45) is -1.31. The molecule has 0 radical (unpaired) electrons. The molecule has 3 aromatic carbocycles. The molecule has 1 aliphatic heterocycles. The molecule has 1 saturated carbocycles. The fourth-order valence-corrected chi connectivity index (χ4v) is 5.20. The predicted octanol–water partition coefficient (Wildman–Crippen LogP) is 4.92. The van der Waals surface area contributed by atoms with Crippen LogP contribution in [-0.2, 0) is 38.8 Å². The third-order valence-electron chi connectivity index (χ3n) is 7.10. The zero-order valence-corrected chi connectivity index (χ0v) is 20.3. The Balaban J connectivity index is 1.33. The van der Waals surface area contributed by atoms with E-state index in [0.717, 1.165) is 22.4 Å². The molecule has 1 heterocycles. The highest BCUT2D eigenvalue weighted by molar-refractivity contribution is 5.27. The van der Waals surface area contributed by atoms with Crippen LogP contribution in [0.15, 0.2) is 90.1 Å². The van der Waals surface area contributed by atoms with Gasteiger partial charge in [-0.15, -0.1) is 0 Å². The van der Waals surface area contributed by atoms with Crippen LogP contribution in [0.4, 0.5) is 0 Å². The van der Waals surface area contributed by atoms with E-state index >= 15 is 0 Å². The van der Waals surface area contributed by atoms with Crippen molar-refractivity contribution < 1.29 is 23.7 Å².